The Morgan fingerprint density at radius 2 is 2.25 bits per heavy atom. The van der Waals surface area contributed by atoms with Crippen LogP contribution in [0.1, 0.15) is 23.0 Å². The highest BCUT2D eigenvalue weighted by atomic mass is 16.5. The van der Waals surface area contributed by atoms with Crippen molar-refractivity contribution in [1.82, 2.24) is 5.32 Å². The topological polar surface area (TPSA) is 77.5 Å². The van der Waals surface area contributed by atoms with Crippen LogP contribution >= 0.6 is 0 Å². The molecule has 0 saturated carbocycles. The Kier molecular flexibility index (Phi) is 4.30. The smallest absolute Gasteiger partial charge is 0.251 e. The monoisotopic (exact) mass is 274 g/mol. The number of carbonyl (C=O) groups excluding carboxylic acids is 1. The number of nitrogens with two attached hydrogens (primary N) is 1. The highest BCUT2D eigenvalue weighted by Crippen LogP contribution is 2.22. The summed E-state index contributed by atoms with van der Waals surface area (Å²) in [6.45, 7) is 1.93. The van der Waals surface area contributed by atoms with E-state index in [2.05, 4.69) is 5.32 Å². The van der Waals surface area contributed by atoms with Gasteiger partial charge in [0.15, 0.2) is 0 Å². The fourth-order valence-electron chi connectivity index (χ4n) is 1.94. The van der Waals surface area contributed by atoms with Gasteiger partial charge >= 0.3 is 0 Å². The van der Waals surface area contributed by atoms with Crippen LogP contribution in [0.15, 0.2) is 41.0 Å². The van der Waals surface area contributed by atoms with Gasteiger partial charge in [-0.3, -0.25) is 4.79 Å². The van der Waals surface area contributed by atoms with Crippen molar-refractivity contribution in [2.24, 2.45) is 0 Å². The Labute approximate surface area is 117 Å². The molecule has 1 heterocycles. The van der Waals surface area contributed by atoms with Crippen LogP contribution in [0.25, 0.3) is 0 Å². The van der Waals surface area contributed by atoms with Crippen LogP contribution in [0.4, 0.5) is 5.69 Å². The number of furan rings is 1. The van der Waals surface area contributed by atoms with Gasteiger partial charge in [0.1, 0.15) is 11.5 Å². The summed E-state index contributed by atoms with van der Waals surface area (Å²) >= 11 is 0. The van der Waals surface area contributed by atoms with Crippen molar-refractivity contribution in [3.63, 3.8) is 0 Å². The second-order valence-electron chi connectivity index (χ2n) is 4.61. The number of nitrogens with one attached hydrogen (secondary N) is 1. The summed E-state index contributed by atoms with van der Waals surface area (Å²) in [6.07, 6.45) is 2.26. The zero-order chi connectivity index (χ0) is 14.5. The lowest BCUT2D eigenvalue weighted by Gasteiger charge is -2.13. The van der Waals surface area contributed by atoms with Gasteiger partial charge in [-0.1, -0.05) is 0 Å². The van der Waals surface area contributed by atoms with E-state index in [9.17, 15) is 4.79 Å². The lowest BCUT2D eigenvalue weighted by Crippen LogP contribution is -2.34. The zero-order valence-corrected chi connectivity index (χ0v) is 11.6. The number of methoxy groups -OCH3 is 1. The number of amides is 1. The lowest BCUT2D eigenvalue weighted by molar-refractivity contribution is 0.0939. The predicted octanol–water partition coefficient (Wildman–Crippen LogP) is 2.23. The molecule has 2 aromatic rings. The molecule has 1 aromatic carbocycles. The summed E-state index contributed by atoms with van der Waals surface area (Å²) in [6, 6.07) is 8.64. The number of ether oxygens (including phenoxy) is 1. The first-order valence-corrected chi connectivity index (χ1v) is 6.37. The average Bonchev–Trinajstić information content (AvgIpc) is 2.91. The fraction of sp³-hybridized carbons (Fsp3) is 0.267. The third kappa shape index (κ3) is 3.32. The van der Waals surface area contributed by atoms with Gasteiger partial charge in [-0.2, -0.15) is 0 Å². The molecule has 3 N–H and O–H groups in total. The minimum atomic E-state index is -0.164. The molecule has 1 unspecified atom stereocenters. The van der Waals surface area contributed by atoms with Crippen LogP contribution in [-0.2, 0) is 6.42 Å². The van der Waals surface area contributed by atoms with Crippen molar-refractivity contribution in [3.8, 4) is 5.75 Å². The minimum absolute atomic E-state index is 0.0304. The first-order chi connectivity index (χ1) is 9.60. The predicted molar refractivity (Wildman–Crippen MR) is 76.7 cm³/mol. The Bertz CT molecular complexity index is 579. The molecule has 0 aliphatic rings. The van der Waals surface area contributed by atoms with Crippen molar-refractivity contribution >= 4 is 11.6 Å². The van der Waals surface area contributed by atoms with Gasteiger partial charge in [-0.25, -0.2) is 0 Å². The molecule has 0 spiro atoms. The molecule has 2 rings (SSSR count). The van der Waals surface area contributed by atoms with Crippen molar-refractivity contribution in [1.29, 1.82) is 0 Å². The van der Waals surface area contributed by atoms with Gasteiger partial charge in [0.2, 0.25) is 0 Å². The molecule has 20 heavy (non-hydrogen) atoms. The normalized spacial score (nSPS) is 11.9. The molecule has 0 radical (unpaired) electrons. The van der Waals surface area contributed by atoms with Gasteiger partial charge in [0.25, 0.3) is 5.91 Å². The summed E-state index contributed by atoms with van der Waals surface area (Å²) in [7, 11) is 1.52. The summed E-state index contributed by atoms with van der Waals surface area (Å²) in [5, 5.41) is 2.91. The summed E-state index contributed by atoms with van der Waals surface area (Å²) in [4.78, 5) is 12.1. The van der Waals surface area contributed by atoms with Crippen LogP contribution in [0.3, 0.4) is 0 Å². The van der Waals surface area contributed by atoms with E-state index in [4.69, 9.17) is 14.9 Å². The third-order valence-electron chi connectivity index (χ3n) is 2.96. The van der Waals surface area contributed by atoms with E-state index < -0.39 is 0 Å². The number of nitrogen functional groups attached to an aromatic ring is 1. The lowest BCUT2D eigenvalue weighted by atomic mass is 10.1. The quantitative estimate of drug-likeness (QED) is 0.820. The van der Waals surface area contributed by atoms with Crippen molar-refractivity contribution in [3.05, 3.63) is 47.9 Å². The van der Waals surface area contributed by atoms with Crippen LogP contribution in [0.2, 0.25) is 0 Å². The summed E-state index contributed by atoms with van der Waals surface area (Å²) in [5.41, 5.74) is 6.75. The SMILES string of the molecule is COc1cc(C(=O)NC(C)Cc2ccco2)ccc1N. The zero-order valence-electron chi connectivity index (χ0n) is 11.6. The Morgan fingerprint density at radius 1 is 1.45 bits per heavy atom. The van der Waals surface area contributed by atoms with Gasteiger partial charge < -0.3 is 20.2 Å². The number of hydrogen-bond acceptors (Lipinski definition) is 4. The van der Waals surface area contributed by atoms with Crippen molar-refractivity contribution in [2.75, 3.05) is 12.8 Å². The minimum Gasteiger partial charge on any atom is -0.495 e. The molecular weight excluding hydrogens is 256 g/mol. The Morgan fingerprint density at radius 3 is 2.90 bits per heavy atom. The molecule has 5 heteroatoms. The van der Waals surface area contributed by atoms with Crippen LogP contribution in [0, 0.1) is 0 Å². The summed E-state index contributed by atoms with van der Waals surface area (Å²) in [5.74, 6) is 1.17. The fourth-order valence-corrected chi connectivity index (χ4v) is 1.94. The Hall–Kier alpha value is -2.43. The van der Waals surface area contributed by atoms with E-state index in [1.165, 1.54) is 7.11 Å². The number of benzene rings is 1. The molecule has 0 fully saturated rings. The first kappa shape index (κ1) is 14.0. The molecule has 5 nitrogen and oxygen atoms in total. The molecule has 0 saturated heterocycles. The summed E-state index contributed by atoms with van der Waals surface area (Å²) < 4.78 is 10.4. The molecule has 0 aliphatic heterocycles. The maximum Gasteiger partial charge on any atom is 0.251 e. The number of hydrogen-bond donors (Lipinski definition) is 2. The van der Waals surface area contributed by atoms with E-state index in [0.29, 0.717) is 23.4 Å². The van der Waals surface area contributed by atoms with Gasteiger partial charge in [0.05, 0.1) is 19.1 Å². The van der Waals surface area contributed by atoms with Gasteiger partial charge in [-0.05, 0) is 37.3 Å². The average molecular weight is 274 g/mol. The van der Waals surface area contributed by atoms with E-state index in [0.717, 1.165) is 5.76 Å². The Balaban J connectivity index is 2.00. The highest BCUT2D eigenvalue weighted by molar-refractivity contribution is 5.95. The standard InChI is InChI=1S/C15H18N2O3/c1-10(8-12-4-3-7-20-12)17-15(18)11-5-6-13(16)14(9-11)19-2/h3-7,9-10H,8,16H2,1-2H3,(H,17,18). The van der Waals surface area contributed by atoms with Crippen LogP contribution in [0.5, 0.6) is 5.75 Å². The van der Waals surface area contributed by atoms with Crippen LogP contribution in [-0.4, -0.2) is 19.1 Å². The maximum atomic E-state index is 12.1. The van der Waals surface area contributed by atoms with Crippen molar-refractivity contribution in [2.45, 2.75) is 19.4 Å². The highest BCUT2D eigenvalue weighted by Gasteiger charge is 2.13. The second kappa shape index (κ2) is 6.14. The molecule has 1 atom stereocenters. The van der Waals surface area contributed by atoms with E-state index >= 15 is 0 Å². The van der Waals surface area contributed by atoms with E-state index in [1.807, 2.05) is 19.1 Å². The molecule has 106 valence electrons. The largest absolute Gasteiger partial charge is 0.495 e. The first-order valence-electron chi connectivity index (χ1n) is 6.37. The van der Waals surface area contributed by atoms with E-state index in [1.54, 1.807) is 24.5 Å². The van der Waals surface area contributed by atoms with Crippen LogP contribution < -0.4 is 15.8 Å². The molecular formula is C15H18N2O3. The molecule has 1 amide bonds. The number of carbonyl (C=O) groups is 1. The third-order valence-corrected chi connectivity index (χ3v) is 2.96. The molecule has 0 bridgehead atoms. The number of anilines is 1. The van der Waals surface area contributed by atoms with Gasteiger partial charge in [-0.15, -0.1) is 0 Å². The van der Waals surface area contributed by atoms with E-state index in [-0.39, 0.29) is 11.9 Å². The second-order valence-corrected chi connectivity index (χ2v) is 4.61. The molecule has 1 aromatic heterocycles. The molecule has 0 aliphatic carbocycles. The van der Waals surface area contributed by atoms with Gasteiger partial charge in [0, 0.05) is 18.0 Å². The maximum absolute atomic E-state index is 12.1. The number of rotatable bonds is 5. The van der Waals surface area contributed by atoms with Crippen molar-refractivity contribution < 1.29 is 13.9 Å².